The molecule has 1 rings (SSSR count). The van der Waals surface area contributed by atoms with E-state index in [9.17, 15) is 0 Å². The SMILES string of the molecule is Clc1nc(Cl)nc(Cl)n1.NCCN. The minimum absolute atomic E-state index is 0.000000000000000444. The molecule has 0 aliphatic carbocycles. The number of nitrogens with two attached hydrogens (primary N) is 2. The van der Waals surface area contributed by atoms with Gasteiger partial charge in [0.1, 0.15) is 0 Å². The Balaban J connectivity index is 0.000000310. The van der Waals surface area contributed by atoms with Gasteiger partial charge in [-0.3, -0.25) is 0 Å². The fourth-order valence-electron chi connectivity index (χ4n) is 0.303. The molecule has 0 aliphatic heterocycles. The molecule has 0 amide bonds. The molecule has 0 unspecified atom stereocenters. The summed E-state index contributed by atoms with van der Waals surface area (Å²) in [6, 6.07) is 0. The monoisotopic (exact) mass is 243 g/mol. The fourth-order valence-corrected chi connectivity index (χ4v) is 0.913. The number of halogens is 3. The third-order valence-electron chi connectivity index (χ3n) is 0.720. The topological polar surface area (TPSA) is 90.7 Å². The molecule has 0 saturated carbocycles. The Hall–Kier alpha value is -0.200. The summed E-state index contributed by atoms with van der Waals surface area (Å²) in [5, 5.41) is 0.00000000000000178. The van der Waals surface area contributed by atoms with Gasteiger partial charge in [0.25, 0.3) is 0 Å². The maximum absolute atomic E-state index is 5.32. The van der Waals surface area contributed by atoms with E-state index in [0.717, 1.165) is 0 Å². The van der Waals surface area contributed by atoms with Crippen LogP contribution >= 0.6 is 34.8 Å². The van der Waals surface area contributed by atoms with E-state index >= 15 is 0 Å². The summed E-state index contributed by atoms with van der Waals surface area (Å²) < 4.78 is 0. The van der Waals surface area contributed by atoms with Crippen LogP contribution in [0.15, 0.2) is 0 Å². The van der Waals surface area contributed by atoms with Gasteiger partial charge in [-0.1, -0.05) is 0 Å². The van der Waals surface area contributed by atoms with Gasteiger partial charge in [0, 0.05) is 13.1 Å². The molecular weight excluding hydrogens is 236 g/mol. The lowest BCUT2D eigenvalue weighted by Gasteiger charge is -1.88. The first-order valence-electron chi connectivity index (χ1n) is 3.23. The zero-order valence-corrected chi connectivity index (χ0v) is 8.81. The summed E-state index contributed by atoms with van der Waals surface area (Å²) in [5.41, 5.74) is 9.81. The second kappa shape index (κ2) is 7.23. The van der Waals surface area contributed by atoms with Gasteiger partial charge in [0.05, 0.1) is 0 Å². The maximum Gasteiger partial charge on any atom is 0.227 e. The van der Waals surface area contributed by atoms with Crippen LogP contribution in [0, 0.1) is 0 Å². The van der Waals surface area contributed by atoms with E-state index in [2.05, 4.69) is 15.0 Å². The van der Waals surface area contributed by atoms with Gasteiger partial charge in [-0.2, -0.15) is 15.0 Å². The van der Waals surface area contributed by atoms with Crippen molar-refractivity contribution < 1.29 is 0 Å². The van der Waals surface area contributed by atoms with Crippen molar-refractivity contribution in [3.63, 3.8) is 0 Å². The van der Waals surface area contributed by atoms with Crippen molar-refractivity contribution in [2.45, 2.75) is 0 Å². The predicted octanol–water partition coefficient (Wildman–Crippen LogP) is 0.736. The Labute approximate surface area is 90.4 Å². The van der Waals surface area contributed by atoms with Crippen LogP contribution in [0.5, 0.6) is 0 Å². The zero-order valence-electron chi connectivity index (χ0n) is 6.54. The van der Waals surface area contributed by atoms with Crippen molar-refractivity contribution in [3.05, 3.63) is 15.9 Å². The molecule has 8 heteroatoms. The summed E-state index contributed by atoms with van der Waals surface area (Å²) in [4.78, 5) is 10.4. The first kappa shape index (κ1) is 12.8. The molecule has 0 atom stereocenters. The molecule has 0 fully saturated rings. The molecule has 0 bridgehead atoms. The highest BCUT2D eigenvalue weighted by Crippen LogP contribution is 2.08. The van der Waals surface area contributed by atoms with Crippen LogP contribution in [0.4, 0.5) is 0 Å². The van der Waals surface area contributed by atoms with Gasteiger partial charge in [-0.25, -0.2) is 0 Å². The van der Waals surface area contributed by atoms with E-state index in [-0.39, 0.29) is 15.9 Å². The van der Waals surface area contributed by atoms with Crippen LogP contribution in [0.2, 0.25) is 15.9 Å². The minimum Gasteiger partial charge on any atom is -0.329 e. The largest absolute Gasteiger partial charge is 0.329 e. The Morgan fingerprint density at radius 1 is 0.769 bits per heavy atom. The van der Waals surface area contributed by atoms with Crippen LogP contribution in [0.1, 0.15) is 0 Å². The van der Waals surface area contributed by atoms with Crippen molar-refractivity contribution in [1.29, 1.82) is 0 Å². The third kappa shape index (κ3) is 6.92. The minimum atomic E-state index is 0.000000000000000444. The highest BCUT2D eigenvalue weighted by atomic mass is 35.5. The van der Waals surface area contributed by atoms with E-state index in [0.29, 0.717) is 13.1 Å². The molecule has 0 spiro atoms. The van der Waals surface area contributed by atoms with Crippen LogP contribution < -0.4 is 11.5 Å². The van der Waals surface area contributed by atoms with Gasteiger partial charge in [0.15, 0.2) is 0 Å². The quantitative estimate of drug-likeness (QED) is 0.760. The van der Waals surface area contributed by atoms with Gasteiger partial charge < -0.3 is 11.5 Å². The number of rotatable bonds is 1. The molecule has 1 aromatic heterocycles. The number of hydrogen-bond acceptors (Lipinski definition) is 5. The number of hydrogen-bond donors (Lipinski definition) is 2. The van der Waals surface area contributed by atoms with Crippen LogP contribution in [0.3, 0.4) is 0 Å². The Morgan fingerprint density at radius 3 is 1.15 bits per heavy atom. The predicted molar refractivity (Wildman–Crippen MR) is 53.0 cm³/mol. The fraction of sp³-hybridized carbons (Fsp3) is 0.400. The van der Waals surface area contributed by atoms with Gasteiger partial charge >= 0.3 is 0 Å². The Morgan fingerprint density at radius 2 is 1.00 bits per heavy atom. The van der Waals surface area contributed by atoms with Gasteiger partial charge in [0.2, 0.25) is 15.9 Å². The van der Waals surface area contributed by atoms with Crippen molar-refractivity contribution in [2.75, 3.05) is 13.1 Å². The van der Waals surface area contributed by atoms with Gasteiger partial charge in [-0.15, -0.1) is 0 Å². The third-order valence-corrected chi connectivity index (χ3v) is 1.23. The zero-order chi connectivity index (χ0) is 10.3. The van der Waals surface area contributed by atoms with E-state index < -0.39 is 0 Å². The Bertz CT molecular complexity index is 203. The molecule has 0 aliphatic rings. The summed E-state index contributed by atoms with van der Waals surface area (Å²) in [6.07, 6.45) is 0. The molecule has 0 radical (unpaired) electrons. The van der Waals surface area contributed by atoms with Crippen molar-refractivity contribution in [3.8, 4) is 0 Å². The molecule has 5 nitrogen and oxygen atoms in total. The molecule has 74 valence electrons. The standard InChI is InChI=1S/C3Cl3N3.C2H8N2/c4-1-7-2(5)9-3(6)8-1;3-1-2-4/h;1-4H2. The molecule has 4 N–H and O–H groups in total. The average Bonchev–Trinajstić information content (AvgIpc) is 2.02. The van der Waals surface area contributed by atoms with E-state index in [1.54, 1.807) is 0 Å². The average molecular weight is 245 g/mol. The summed E-state index contributed by atoms with van der Waals surface area (Å²) >= 11 is 16.0. The lowest BCUT2D eigenvalue weighted by molar-refractivity contribution is 0.976. The van der Waals surface area contributed by atoms with E-state index in [1.165, 1.54) is 0 Å². The Kier molecular flexibility index (Phi) is 7.12. The summed E-state index contributed by atoms with van der Waals surface area (Å²) in [6.45, 7) is 1.19. The summed E-state index contributed by atoms with van der Waals surface area (Å²) in [7, 11) is 0. The first-order chi connectivity index (χ1) is 6.10. The molecule has 1 heterocycles. The molecule has 13 heavy (non-hydrogen) atoms. The van der Waals surface area contributed by atoms with Crippen LogP contribution in [0.25, 0.3) is 0 Å². The van der Waals surface area contributed by atoms with Crippen LogP contribution in [-0.4, -0.2) is 28.0 Å². The van der Waals surface area contributed by atoms with Crippen molar-refractivity contribution in [1.82, 2.24) is 15.0 Å². The van der Waals surface area contributed by atoms with Gasteiger partial charge in [-0.05, 0) is 34.8 Å². The van der Waals surface area contributed by atoms with Crippen LogP contribution in [-0.2, 0) is 0 Å². The molecule has 1 aromatic rings. The normalized spacial score (nSPS) is 9.00. The number of aromatic nitrogens is 3. The summed E-state index contributed by atoms with van der Waals surface area (Å²) in [5.74, 6) is 0. The highest BCUT2D eigenvalue weighted by molar-refractivity contribution is 6.33. The second-order valence-corrected chi connectivity index (χ2v) is 2.73. The number of nitrogens with zero attached hydrogens (tertiary/aromatic N) is 3. The van der Waals surface area contributed by atoms with E-state index in [4.69, 9.17) is 46.3 Å². The molecule has 0 aromatic carbocycles. The maximum atomic E-state index is 5.32. The van der Waals surface area contributed by atoms with E-state index in [1.807, 2.05) is 0 Å². The van der Waals surface area contributed by atoms with Crippen molar-refractivity contribution >= 4 is 34.8 Å². The highest BCUT2D eigenvalue weighted by Gasteiger charge is 1.97. The smallest absolute Gasteiger partial charge is 0.227 e. The lowest BCUT2D eigenvalue weighted by atomic mass is 10.7. The molecule has 0 saturated heterocycles. The first-order valence-corrected chi connectivity index (χ1v) is 4.36. The molecular formula is C5H8Cl3N5. The lowest BCUT2D eigenvalue weighted by Crippen LogP contribution is -2.11. The second-order valence-electron chi connectivity index (χ2n) is 1.72. The van der Waals surface area contributed by atoms with Crippen molar-refractivity contribution in [2.24, 2.45) is 11.5 Å².